The fourth-order valence-electron chi connectivity index (χ4n) is 4.23. The first-order valence-corrected chi connectivity index (χ1v) is 12.9. The summed E-state index contributed by atoms with van der Waals surface area (Å²) in [5.74, 6) is 0.436. The third-order valence-corrected chi connectivity index (χ3v) is 7.06. The third-order valence-electron chi connectivity index (χ3n) is 6.09. The molecule has 1 aliphatic carbocycles. The molecule has 0 heterocycles. The summed E-state index contributed by atoms with van der Waals surface area (Å²) in [6, 6.07) is 11.9. The third kappa shape index (κ3) is 7.53. The van der Waals surface area contributed by atoms with Crippen molar-refractivity contribution >= 4 is 46.6 Å². The SMILES string of the molecule is CCC(C(=O)NC1CCCC1)N(Cc1c(Cl)cccc1Cl)C(=O)CCCOc1ccc(Cl)cc1. The van der Waals surface area contributed by atoms with E-state index in [9.17, 15) is 9.59 Å². The maximum atomic E-state index is 13.4. The van der Waals surface area contributed by atoms with Crippen LogP contribution in [0.25, 0.3) is 0 Å². The molecule has 1 unspecified atom stereocenters. The first kappa shape index (κ1) is 26.7. The van der Waals surface area contributed by atoms with Crippen LogP contribution in [0, 0.1) is 0 Å². The molecule has 1 atom stereocenters. The molecule has 0 aromatic heterocycles. The lowest BCUT2D eigenvalue weighted by atomic mass is 10.1. The standard InChI is InChI=1S/C26H31Cl3N2O3/c1-2-24(26(33)30-19-7-3-4-8-19)31(17-21-22(28)9-5-10-23(21)29)25(32)11-6-16-34-20-14-12-18(27)13-15-20/h5,9-10,12-15,19,24H,2-4,6-8,11,16-17H2,1H3,(H,30,33). The number of nitrogens with zero attached hydrogens (tertiary/aromatic N) is 1. The highest BCUT2D eigenvalue weighted by Crippen LogP contribution is 2.28. The maximum absolute atomic E-state index is 13.4. The van der Waals surface area contributed by atoms with E-state index in [1.807, 2.05) is 6.92 Å². The van der Waals surface area contributed by atoms with E-state index in [2.05, 4.69) is 5.32 Å². The Bertz CT molecular complexity index is 942. The smallest absolute Gasteiger partial charge is 0.243 e. The van der Waals surface area contributed by atoms with E-state index in [0.29, 0.717) is 45.8 Å². The Morgan fingerprint density at radius 3 is 2.32 bits per heavy atom. The van der Waals surface area contributed by atoms with E-state index >= 15 is 0 Å². The summed E-state index contributed by atoms with van der Waals surface area (Å²) in [4.78, 5) is 28.1. The zero-order chi connectivity index (χ0) is 24.5. The number of carbonyl (C=O) groups excluding carboxylic acids is 2. The fourth-order valence-corrected chi connectivity index (χ4v) is 4.87. The second-order valence-corrected chi connectivity index (χ2v) is 9.79. The Kier molecular flexibility index (Phi) is 10.4. The Morgan fingerprint density at radius 2 is 1.71 bits per heavy atom. The molecular formula is C26H31Cl3N2O3. The molecule has 0 spiro atoms. The summed E-state index contributed by atoms with van der Waals surface area (Å²) >= 11 is 18.7. The van der Waals surface area contributed by atoms with Gasteiger partial charge in [-0.15, -0.1) is 0 Å². The lowest BCUT2D eigenvalue weighted by molar-refractivity contribution is -0.141. The van der Waals surface area contributed by atoms with Gasteiger partial charge in [0.25, 0.3) is 0 Å². The van der Waals surface area contributed by atoms with Crippen LogP contribution >= 0.6 is 34.8 Å². The lowest BCUT2D eigenvalue weighted by Crippen LogP contribution is -2.51. The van der Waals surface area contributed by atoms with Crippen LogP contribution in [0.5, 0.6) is 5.75 Å². The van der Waals surface area contributed by atoms with E-state index in [4.69, 9.17) is 39.5 Å². The van der Waals surface area contributed by atoms with Crippen LogP contribution in [0.3, 0.4) is 0 Å². The van der Waals surface area contributed by atoms with Gasteiger partial charge in [0.1, 0.15) is 11.8 Å². The molecule has 0 bridgehead atoms. The summed E-state index contributed by atoms with van der Waals surface area (Å²) in [6.45, 7) is 2.46. The molecular weight excluding hydrogens is 495 g/mol. The van der Waals surface area contributed by atoms with Crippen molar-refractivity contribution in [1.82, 2.24) is 10.2 Å². The highest BCUT2D eigenvalue weighted by atomic mass is 35.5. The van der Waals surface area contributed by atoms with Gasteiger partial charge in [-0.25, -0.2) is 0 Å². The zero-order valence-corrected chi connectivity index (χ0v) is 21.6. The number of ether oxygens (including phenoxy) is 1. The number of halogens is 3. The number of rotatable bonds is 11. The van der Waals surface area contributed by atoms with Crippen molar-refractivity contribution in [1.29, 1.82) is 0 Å². The van der Waals surface area contributed by atoms with Crippen LogP contribution in [0.2, 0.25) is 15.1 Å². The van der Waals surface area contributed by atoms with Gasteiger partial charge < -0.3 is 15.0 Å². The van der Waals surface area contributed by atoms with E-state index in [1.165, 1.54) is 0 Å². The number of hydrogen-bond donors (Lipinski definition) is 1. The molecule has 2 aromatic rings. The predicted octanol–water partition coefficient (Wildman–Crippen LogP) is 6.67. The quantitative estimate of drug-likeness (QED) is 0.333. The fraction of sp³-hybridized carbons (Fsp3) is 0.462. The molecule has 34 heavy (non-hydrogen) atoms. The molecule has 0 aliphatic heterocycles. The van der Waals surface area contributed by atoms with Gasteiger partial charge in [-0.1, -0.05) is 60.6 Å². The van der Waals surface area contributed by atoms with Crippen molar-refractivity contribution in [3.63, 3.8) is 0 Å². The van der Waals surface area contributed by atoms with Crippen LogP contribution in [-0.4, -0.2) is 35.4 Å². The van der Waals surface area contributed by atoms with Crippen LogP contribution in [0.1, 0.15) is 57.4 Å². The molecule has 5 nitrogen and oxygen atoms in total. The van der Waals surface area contributed by atoms with Gasteiger partial charge in [0.15, 0.2) is 0 Å². The lowest BCUT2D eigenvalue weighted by Gasteiger charge is -2.32. The Morgan fingerprint density at radius 1 is 1.06 bits per heavy atom. The van der Waals surface area contributed by atoms with E-state index in [0.717, 1.165) is 25.7 Å². The van der Waals surface area contributed by atoms with Gasteiger partial charge in [0.05, 0.1) is 6.61 Å². The average molecular weight is 526 g/mol. The van der Waals surface area contributed by atoms with Gasteiger partial charge in [0, 0.05) is 39.6 Å². The second kappa shape index (κ2) is 13.2. The molecule has 1 aliphatic rings. The van der Waals surface area contributed by atoms with Crippen molar-refractivity contribution in [2.24, 2.45) is 0 Å². The Hall–Kier alpha value is -1.95. The minimum absolute atomic E-state index is 0.122. The van der Waals surface area contributed by atoms with Crippen LogP contribution in [0.15, 0.2) is 42.5 Å². The van der Waals surface area contributed by atoms with E-state index in [-0.39, 0.29) is 30.8 Å². The predicted molar refractivity (Wildman–Crippen MR) is 138 cm³/mol. The minimum Gasteiger partial charge on any atom is -0.494 e. The summed E-state index contributed by atoms with van der Waals surface area (Å²) in [6.07, 6.45) is 5.44. The normalized spacial score (nSPS) is 14.6. The zero-order valence-electron chi connectivity index (χ0n) is 19.4. The number of benzene rings is 2. The van der Waals surface area contributed by atoms with Crippen LogP contribution < -0.4 is 10.1 Å². The average Bonchev–Trinajstić information content (AvgIpc) is 3.32. The molecule has 0 radical (unpaired) electrons. The van der Waals surface area contributed by atoms with Crippen LogP contribution in [0.4, 0.5) is 0 Å². The summed E-state index contributed by atoms with van der Waals surface area (Å²) < 4.78 is 5.72. The first-order valence-electron chi connectivity index (χ1n) is 11.8. The molecule has 0 saturated heterocycles. The molecule has 8 heteroatoms. The Balaban J connectivity index is 1.69. The highest BCUT2D eigenvalue weighted by molar-refractivity contribution is 6.36. The van der Waals surface area contributed by atoms with Crippen molar-refractivity contribution in [3.8, 4) is 5.75 Å². The first-order chi connectivity index (χ1) is 16.4. The van der Waals surface area contributed by atoms with Gasteiger partial charge in [-0.2, -0.15) is 0 Å². The van der Waals surface area contributed by atoms with Crippen molar-refractivity contribution in [3.05, 3.63) is 63.1 Å². The summed E-state index contributed by atoms with van der Waals surface area (Å²) in [5, 5.41) is 4.73. The van der Waals surface area contributed by atoms with Gasteiger partial charge in [-0.3, -0.25) is 9.59 Å². The Labute approximate surface area is 216 Å². The minimum atomic E-state index is -0.599. The number of amides is 2. The van der Waals surface area contributed by atoms with Crippen molar-refractivity contribution in [2.45, 2.75) is 70.5 Å². The molecule has 1 N–H and O–H groups in total. The molecule has 2 aromatic carbocycles. The van der Waals surface area contributed by atoms with Crippen LogP contribution in [-0.2, 0) is 16.1 Å². The van der Waals surface area contributed by atoms with Crippen molar-refractivity contribution in [2.75, 3.05) is 6.61 Å². The molecule has 3 rings (SSSR count). The number of carbonyl (C=O) groups is 2. The maximum Gasteiger partial charge on any atom is 0.243 e. The van der Waals surface area contributed by atoms with Gasteiger partial charge in [-0.05, 0) is 62.1 Å². The van der Waals surface area contributed by atoms with E-state index < -0.39 is 6.04 Å². The molecule has 1 fully saturated rings. The monoisotopic (exact) mass is 524 g/mol. The highest BCUT2D eigenvalue weighted by Gasteiger charge is 2.31. The molecule has 2 amide bonds. The second-order valence-electron chi connectivity index (χ2n) is 8.54. The molecule has 184 valence electrons. The van der Waals surface area contributed by atoms with Gasteiger partial charge >= 0.3 is 0 Å². The molecule has 1 saturated carbocycles. The number of nitrogens with one attached hydrogen (secondary N) is 1. The van der Waals surface area contributed by atoms with Gasteiger partial charge in [0.2, 0.25) is 11.8 Å². The summed E-state index contributed by atoms with van der Waals surface area (Å²) in [7, 11) is 0. The topological polar surface area (TPSA) is 58.6 Å². The number of hydrogen-bond acceptors (Lipinski definition) is 3. The van der Waals surface area contributed by atoms with Crippen molar-refractivity contribution < 1.29 is 14.3 Å². The largest absolute Gasteiger partial charge is 0.494 e. The van der Waals surface area contributed by atoms with E-state index in [1.54, 1.807) is 47.4 Å². The summed E-state index contributed by atoms with van der Waals surface area (Å²) in [5.41, 5.74) is 0.642.